The van der Waals surface area contributed by atoms with Crippen molar-refractivity contribution < 1.29 is 9.90 Å². The van der Waals surface area contributed by atoms with Gasteiger partial charge < -0.3 is 10.0 Å². The highest BCUT2D eigenvalue weighted by atomic mass is 35.5. The molecule has 0 spiro atoms. The average Bonchev–Trinajstić information content (AvgIpc) is 2.33. The Kier molecular flexibility index (Phi) is 3.15. The molecule has 1 aliphatic rings. The largest absolute Gasteiger partial charge is 0.506 e. The van der Waals surface area contributed by atoms with Crippen molar-refractivity contribution in [2.75, 3.05) is 13.1 Å². The van der Waals surface area contributed by atoms with E-state index in [0.717, 1.165) is 13.0 Å². The fraction of sp³-hybridized carbons (Fsp3) is 0.250. The van der Waals surface area contributed by atoms with E-state index in [4.69, 9.17) is 11.6 Å². The van der Waals surface area contributed by atoms with Gasteiger partial charge in [-0.25, -0.2) is 0 Å². The van der Waals surface area contributed by atoms with Gasteiger partial charge >= 0.3 is 0 Å². The van der Waals surface area contributed by atoms with E-state index in [1.54, 1.807) is 11.0 Å². The Hall–Kier alpha value is -1.48. The standard InChI is InChI=1S/C12H12ClNO2/c13-10-8-9(4-5-11(10)15)12(16)14-6-2-1-3-7-14/h1-2,4-5,8,15H,3,6-7H2. The van der Waals surface area contributed by atoms with E-state index in [1.165, 1.54) is 12.1 Å². The number of amides is 1. The highest BCUT2D eigenvalue weighted by molar-refractivity contribution is 6.32. The third kappa shape index (κ3) is 2.19. The molecule has 0 saturated heterocycles. The van der Waals surface area contributed by atoms with Gasteiger partial charge in [0.25, 0.3) is 5.91 Å². The minimum Gasteiger partial charge on any atom is -0.506 e. The second kappa shape index (κ2) is 4.58. The van der Waals surface area contributed by atoms with Gasteiger partial charge in [0.05, 0.1) is 5.02 Å². The predicted octanol–water partition coefficient (Wildman–Crippen LogP) is 2.45. The van der Waals surface area contributed by atoms with Gasteiger partial charge in [0.1, 0.15) is 5.75 Å². The minimum absolute atomic E-state index is 0.00300. The Morgan fingerprint density at radius 2 is 2.19 bits per heavy atom. The van der Waals surface area contributed by atoms with Crippen LogP contribution in [0.1, 0.15) is 16.8 Å². The molecule has 0 radical (unpaired) electrons. The number of halogens is 1. The Morgan fingerprint density at radius 3 is 2.81 bits per heavy atom. The lowest BCUT2D eigenvalue weighted by molar-refractivity contribution is 0.0771. The van der Waals surface area contributed by atoms with E-state index in [2.05, 4.69) is 6.08 Å². The lowest BCUT2D eigenvalue weighted by Gasteiger charge is -2.23. The number of nitrogens with zero attached hydrogens (tertiary/aromatic N) is 1. The van der Waals surface area contributed by atoms with E-state index in [1.807, 2.05) is 6.08 Å². The van der Waals surface area contributed by atoms with Crippen LogP contribution in [0.4, 0.5) is 0 Å². The molecule has 16 heavy (non-hydrogen) atoms. The zero-order valence-corrected chi connectivity index (χ0v) is 9.44. The molecule has 0 saturated carbocycles. The van der Waals surface area contributed by atoms with E-state index < -0.39 is 0 Å². The molecule has 0 aliphatic carbocycles. The van der Waals surface area contributed by atoms with Crippen molar-refractivity contribution in [2.45, 2.75) is 6.42 Å². The van der Waals surface area contributed by atoms with Crippen molar-refractivity contribution in [1.29, 1.82) is 0 Å². The molecule has 1 aromatic carbocycles. The first-order chi connectivity index (χ1) is 7.68. The maximum atomic E-state index is 12.0. The van der Waals surface area contributed by atoms with Crippen LogP contribution in [-0.2, 0) is 0 Å². The summed E-state index contributed by atoms with van der Waals surface area (Å²) in [5, 5.41) is 9.47. The van der Waals surface area contributed by atoms with Gasteiger partial charge in [-0.1, -0.05) is 23.8 Å². The third-order valence-electron chi connectivity index (χ3n) is 2.54. The summed E-state index contributed by atoms with van der Waals surface area (Å²) in [7, 11) is 0. The lowest BCUT2D eigenvalue weighted by Crippen LogP contribution is -2.33. The molecule has 1 N–H and O–H groups in total. The number of rotatable bonds is 1. The smallest absolute Gasteiger partial charge is 0.254 e. The number of phenolic OH excluding ortho intramolecular Hbond substituents is 1. The van der Waals surface area contributed by atoms with Crippen LogP contribution in [0, 0.1) is 0 Å². The molecule has 2 rings (SSSR count). The van der Waals surface area contributed by atoms with Crippen LogP contribution in [0.15, 0.2) is 30.4 Å². The maximum Gasteiger partial charge on any atom is 0.254 e. The quantitative estimate of drug-likeness (QED) is 0.763. The van der Waals surface area contributed by atoms with Crippen molar-refractivity contribution in [3.8, 4) is 5.75 Å². The average molecular weight is 238 g/mol. The van der Waals surface area contributed by atoms with Gasteiger partial charge in [0, 0.05) is 18.7 Å². The Bertz CT molecular complexity index is 443. The molecule has 0 fully saturated rings. The number of phenols is 1. The van der Waals surface area contributed by atoms with Crippen molar-refractivity contribution in [1.82, 2.24) is 4.90 Å². The van der Waals surface area contributed by atoms with Gasteiger partial charge in [-0.2, -0.15) is 0 Å². The van der Waals surface area contributed by atoms with Crippen LogP contribution in [-0.4, -0.2) is 29.0 Å². The third-order valence-corrected chi connectivity index (χ3v) is 2.84. The van der Waals surface area contributed by atoms with Gasteiger partial charge in [0.15, 0.2) is 0 Å². The van der Waals surface area contributed by atoms with Gasteiger partial charge in [0.2, 0.25) is 0 Å². The number of benzene rings is 1. The summed E-state index contributed by atoms with van der Waals surface area (Å²) in [6.45, 7) is 1.37. The second-order valence-electron chi connectivity index (χ2n) is 3.68. The monoisotopic (exact) mass is 237 g/mol. The Labute approximate surface area is 98.9 Å². The molecular weight excluding hydrogens is 226 g/mol. The molecule has 0 unspecified atom stereocenters. The number of aromatic hydroxyl groups is 1. The van der Waals surface area contributed by atoms with Crippen LogP contribution in [0.25, 0.3) is 0 Å². The van der Waals surface area contributed by atoms with Crippen LogP contribution >= 0.6 is 11.6 Å². The number of hydrogen-bond donors (Lipinski definition) is 1. The van der Waals surface area contributed by atoms with Crippen LogP contribution in [0.2, 0.25) is 5.02 Å². The summed E-state index contributed by atoms with van der Waals surface area (Å²) in [6, 6.07) is 4.52. The van der Waals surface area contributed by atoms with Crippen LogP contribution in [0.3, 0.4) is 0 Å². The Morgan fingerprint density at radius 1 is 1.38 bits per heavy atom. The first-order valence-corrected chi connectivity index (χ1v) is 5.49. The highest BCUT2D eigenvalue weighted by Crippen LogP contribution is 2.24. The normalized spacial score (nSPS) is 15.2. The van der Waals surface area contributed by atoms with Crippen molar-refractivity contribution in [3.63, 3.8) is 0 Å². The summed E-state index contributed by atoms with van der Waals surface area (Å²) in [6.07, 6.45) is 4.93. The summed E-state index contributed by atoms with van der Waals surface area (Å²) in [4.78, 5) is 13.8. The van der Waals surface area contributed by atoms with Gasteiger partial charge in [-0.3, -0.25) is 4.79 Å². The first-order valence-electron chi connectivity index (χ1n) is 5.11. The van der Waals surface area contributed by atoms with E-state index >= 15 is 0 Å². The molecule has 4 heteroatoms. The summed E-state index contributed by atoms with van der Waals surface area (Å²) in [5.41, 5.74) is 0.512. The van der Waals surface area contributed by atoms with Crippen molar-refractivity contribution in [3.05, 3.63) is 40.9 Å². The van der Waals surface area contributed by atoms with E-state index in [9.17, 15) is 9.90 Å². The molecule has 3 nitrogen and oxygen atoms in total. The molecule has 0 atom stereocenters. The minimum atomic E-state index is -0.0498. The van der Waals surface area contributed by atoms with Crippen LogP contribution in [0.5, 0.6) is 5.75 Å². The fourth-order valence-corrected chi connectivity index (χ4v) is 1.83. The topological polar surface area (TPSA) is 40.5 Å². The zero-order valence-electron chi connectivity index (χ0n) is 8.69. The molecular formula is C12H12ClNO2. The fourth-order valence-electron chi connectivity index (χ4n) is 1.65. The molecule has 1 heterocycles. The first kappa shape index (κ1) is 11.0. The maximum absolute atomic E-state index is 12.0. The van der Waals surface area contributed by atoms with Gasteiger partial charge in [-0.15, -0.1) is 0 Å². The molecule has 0 bridgehead atoms. The van der Waals surface area contributed by atoms with E-state index in [-0.39, 0.29) is 16.7 Å². The summed E-state index contributed by atoms with van der Waals surface area (Å²) in [5.74, 6) is -0.0528. The predicted molar refractivity (Wildman–Crippen MR) is 62.8 cm³/mol. The van der Waals surface area contributed by atoms with Crippen molar-refractivity contribution >= 4 is 17.5 Å². The van der Waals surface area contributed by atoms with E-state index in [0.29, 0.717) is 12.1 Å². The molecule has 1 aliphatic heterocycles. The van der Waals surface area contributed by atoms with Crippen LogP contribution < -0.4 is 0 Å². The molecule has 1 aromatic rings. The number of carbonyl (C=O) groups is 1. The molecule has 0 aromatic heterocycles. The van der Waals surface area contributed by atoms with Crippen molar-refractivity contribution in [2.24, 2.45) is 0 Å². The summed E-state index contributed by atoms with van der Waals surface area (Å²) >= 11 is 5.76. The molecule has 1 amide bonds. The molecule has 84 valence electrons. The SMILES string of the molecule is O=C(c1ccc(O)c(Cl)c1)N1CC=CCC1. The lowest BCUT2D eigenvalue weighted by atomic mass is 10.1. The number of hydrogen-bond acceptors (Lipinski definition) is 2. The van der Waals surface area contributed by atoms with Gasteiger partial charge in [-0.05, 0) is 24.6 Å². The summed E-state index contributed by atoms with van der Waals surface area (Å²) < 4.78 is 0. The number of carbonyl (C=O) groups excluding carboxylic acids is 1. The Balaban J connectivity index is 2.20. The highest BCUT2D eigenvalue weighted by Gasteiger charge is 2.16. The second-order valence-corrected chi connectivity index (χ2v) is 4.08. The zero-order chi connectivity index (χ0) is 11.5.